The topological polar surface area (TPSA) is 0 Å². The van der Waals surface area contributed by atoms with Crippen molar-refractivity contribution >= 4 is 7.85 Å². The molecule has 0 amide bonds. The van der Waals surface area contributed by atoms with Gasteiger partial charge < -0.3 is 0 Å². The zero-order chi connectivity index (χ0) is 11.4. The van der Waals surface area contributed by atoms with Crippen LogP contribution in [0.25, 0.3) is 0 Å². The maximum absolute atomic E-state index is 5.65. The fourth-order valence-electron chi connectivity index (χ4n) is 2.58. The standard InChI is InChI=1S/C14H21B/c1-5-12-6-7-13(11(4)9-15)8-14(12)10(2)3/h5,12-14H,1-2,4,6-9H2,3H3/t12-,13-,14+/m1/s1. The molecule has 0 aromatic heterocycles. The Bertz CT molecular complexity index is 265. The van der Waals surface area contributed by atoms with Gasteiger partial charge in [-0.2, -0.15) is 0 Å². The monoisotopic (exact) mass is 200 g/mol. The summed E-state index contributed by atoms with van der Waals surface area (Å²) < 4.78 is 0. The fourth-order valence-corrected chi connectivity index (χ4v) is 2.58. The van der Waals surface area contributed by atoms with Crippen molar-refractivity contribution < 1.29 is 0 Å². The summed E-state index contributed by atoms with van der Waals surface area (Å²) in [6.07, 6.45) is 6.26. The molecule has 0 N–H and O–H groups in total. The lowest BCUT2D eigenvalue weighted by atomic mass is 9.68. The summed E-state index contributed by atoms with van der Waals surface area (Å²) in [6.45, 7) is 14.2. The molecule has 1 saturated carbocycles. The largest absolute Gasteiger partial charge is 0.103 e. The summed E-state index contributed by atoms with van der Waals surface area (Å²) in [5, 5.41) is 0. The van der Waals surface area contributed by atoms with Crippen LogP contribution in [0, 0.1) is 17.8 Å². The van der Waals surface area contributed by atoms with Gasteiger partial charge in [0.2, 0.25) is 0 Å². The predicted octanol–water partition coefficient (Wildman–Crippen LogP) is 3.92. The third-order valence-electron chi connectivity index (χ3n) is 3.68. The van der Waals surface area contributed by atoms with Crippen LogP contribution >= 0.6 is 0 Å². The van der Waals surface area contributed by atoms with E-state index in [9.17, 15) is 0 Å². The van der Waals surface area contributed by atoms with Crippen LogP contribution in [0.15, 0.2) is 37.0 Å². The Hall–Kier alpha value is -0.715. The molecule has 1 aliphatic rings. The molecule has 3 atom stereocenters. The van der Waals surface area contributed by atoms with Crippen LogP contribution in [0.4, 0.5) is 0 Å². The quantitative estimate of drug-likeness (QED) is 0.476. The van der Waals surface area contributed by atoms with E-state index in [0.717, 1.165) is 6.42 Å². The van der Waals surface area contributed by atoms with Crippen molar-refractivity contribution in [1.29, 1.82) is 0 Å². The highest BCUT2D eigenvalue weighted by atomic mass is 14.3. The molecule has 0 aromatic carbocycles. The summed E-state index contributed by atoms with van der Waals surface area (Å²) in [6, 6.07) is 0. The van der Waals surface area contributed by atoms with Gasteiger partial charge in [-0.3, -0.25) is 0 Å². The van der Waals surface area contributed by atoms with Gasteiger partial charge in [0, 0.05) is 0 Å². The van der Waals surface area contributed by atoms with Gasteiger partial charge >= 0.3 is 0 Å². The van der Waals surface area contributed by atoms with Crippen molar-refractivity contribution in [3.05, 3.63) is 37.0 Å². The minimum Gasteiger partial charge on any atom is -0.103 e. The minimum absolute atomic E-state index is 0.574. The van der Waals surface area contributed by atoms with Crippen molar-refractivity contribution in [2.75, 3.05) is 0 Å². The lowest BCUT2D eigenvalue weighted by Gasteiger charge is -2.36. The van der Waals surface area contributed by atoms with Gasteiger partial charge in [-0.15, -0.1) is 13.2 Å². The molecule has 0 spiro atoms. The molecule has 0 saturated heterocycles. The first-order chi connectivity index (χ1) is 7.10. The molecule has 0 bridgehead atoms. The molecule has 1 heteroatoms. The molecule has 0 unspecified atom stereocenters. The van der Waals surface area contributed by atoms with Gasteiger partial charge in [-0.1, -0.05) is 30.1 Å². The van der Waals surface area contributed by atoms with Crippen LogP contribution in [0.2, 0.25) is 6.32 Å². The number of hydrogen-bond donors (Lipinski definition) is 0. The second-order valence-corrected chi connectivity index (χ2v) is 4.72. The van der Waals surface area contributed by atoms with E-state index < -0.39 is 0 Å². The molecule has 0 aromatic rings. The summed E-state index contributed by atoms with van der Waals surface area (Å²) in [7, 11) is 5.65. The highest BCUT2D eigenvalue weighted by Crippen LogP contribution is 2.41. The summed E-state index contributed by atoms with van der Waals surface area (Å²) in [4.78, 5) is 0. The van der Waals surface area contributed by atoms with Gasteiger partial charge in [0.15, 0.2) is 0 Å². The van der Waals surface area contributed by atoms with Crippen LogP contribution in [-0.4, -0.2) is 7.85 Å². The predicted molar refractivity (Wildman–Crippen MR) is 69.0 cm³/mol. The van der Waals surface area contributed by atoms with Gasteiger partial charge in [0.05, 0.1) is 7.85 Å². The van der Waals surface area contributed by atoms with E-state index >= 15 is 0 Å². The highest BCUT2D eigenvalue weighted by molar-refractivity contribution is 6.10. The molecule has 1 aliphatic carbocycles. The average Bonchev–Trinajstić information content (AvgIpc) is 2.27. The first kappa shape index (κ1) is 12.4. The molecule has 80 valence electrons. The molecule has 0 aliphatic heterocycles. The summed E-state index contributed by atoms with van der Waals surface area (Å²) >= 11 is 0. The van der Waals surface area contributed by atoms with Crippen LogP contribution in [-0.2, 0) is 0 Å². The van der Waals surface area contributed by atoms with Crippen LogP contribution in [0.1, 0.15) is 26.2 Å². The van der Waals surface area contributed by atoms with Crippen LogP contribution in [0.5, 0.6) is 0 Å². The number of rotatable bonds is 4. The van der Waals surface area contributed by atoms with Crippen molar-refractivity contribution in [2.24, 2.45) is 17.8 Å². The second kappa shape index (κ2) is 5.39. The van der Waals surface area contributed by atoms with E-state index in [-0.39, 0.29) is 0 Å². The van der Waals surface area contributed by atoms with E-state index in [1.54, 1.807) is 0 Å². The maximum atomic E-state index is 5.65. The molecule has 2 radical (unpaired) electrons. The fraction of sp³-hybridized carbons (Fsp3) is 0.571. The zero-order valence-electron chi connectivity index (χ0n) is 9.84. The smallest absolute Gasteiger partial charge is 0.0712 e. The summed E-state index contributed by atoms with van der Waals surface area (Å²) in [5.41, 5.74) is 2.47. The Morgan fingerprint density at radius 1 is 1.40 bits per heavy atom. The van der Waals surface area contributed by atoms with Gasteiger partial charge in [-0.05, 0) is 43.9 Å². The van der Waals surface area contributed by atoms with Gasteiger partial charge in [-0.25, -0.2) is 0 Å². The summed E-state index contributed by atoms with van der Waals surface area (Å²) in [5.74, 6) is 1.77. The van der Waals surface area contributed by atoms with E-state index in [4.69, 9.17) is 7.85 Å². The maximum Gasteiger partial charge on any atom is 0.0712 e. The minimum atomic E-state index is 0.574. The Kier molecular flexibility index (Phi) is 4.44. The third kappa shape index (κ3) is 2.87. The van der Waals surface area contributed by atoms with Crippen LogP contribution in [0.3, 0.4) is 0 Å². The lowest BCUT2D eigenvalue weighted by molar-refractivity contribution is 0.268. The van der Waals surface area contributed by atoms with E-state index in [0.29, 0.717) is 24.1 Å². The zero-order valence-corrected chi connectivity index (χ0v) is 9.84. The van der Waals surface area contributed by atoms with E-state index in [1.807, 2.05) is 0 Å². The molecule has 15 heavy (non-hydrogen) atoms. The first-order valence-corrected chi connectivity index (χ1v) is 5.75. The molecule has 1 rings (SSSR count). The van der Waals surface area contributed by atoms with E-state index in [2.05, 4.69) is 32.7 Å². The Morgan fingerprint density at radius 3 is 2.53 bits per heavy atom. The van der Waals surface area contributed by atoms with Crippen LogP contribution < -0.4 is 0 Å². The molecular weight excluding hydrogens is 179 g/mol. The Balaban J connectivity index is 2.69. The van der Waals surface area contributed by atoms with Gasteiger partial charge in [0.25, 0.3) is 0 Å². The lowest BCUT2D eigenvalue weighted by Crippen LogP contribution is -2.25. The first-order valence-electron chi connectivity index (χ1n) is 5.75. The van der Waals surface area contributed by atoms with Crippen molar-refractivity contribution in [2.45, 2.75) is 32.5 Å². The van der Waals surface area contributed by atoms with Crippen molar-refractivity contribution in [3.8, 4) is 0 Å². The Morgan fingerprint density at radius 2 is 2.07 bits per heavy atom. The molecule has 1 fully saturated rings. The Labute approximate surface area is 95.6 Å². The SMILES string of the molecule is [B]CC(=C)[C@@H]1CC[C@@H](C=C)[C@H](C(=C)C)C1. The molecular formula is C14H21B. The van der Waals surface area contributed by atoms with Gasteiger partial charge in [0.1, 0.15) is 0 Å². The van der Waals surface area contributed by atoms with Crippen molar-refractivity contribution in [3.63, 3.8) is 0 Å². The van der Waals surface area contributed by atoms with E-state index in [1.165, 1.54) is 24.0 Å². The molecule has 0 heterocycles. The van der Waals surface area contributed by atoms with Crippen molar-refractivity contribution in [1.82, 2.24) is 0 Å². The average molecular weight is 200 g/mol. The third-order valence-corrected chi connectivity index (χ3v) is 3.68. The number of allylic oxidation sites excluding steroid dienone is 3. The molecule has 0 nitrogen and oxygen atoms in total. The normalized spacial score (nSPS) is 30.9. The number of hydrogen-bond acceptors (Lipinski definition) is 0. The second-order valence-electron chi connectivity index (χ2n) is 4.72. The highest BCUT2D eigenvalue weighted by Gasteiger charge is 2.29.